The van der Waals surface area contributed by atoms with Crippen molar-refractivity contribution >= 4 is 5.91 Å². The summed E-state index contributed by atoms with van der Waals surface area (Å²) in [6, 6.07) is 11.1. The Kier molecular flexibility index (Phi) is 5.50. The fourth-order valence-corrected chi connectivity index (χ4v) is 3.32. The summed E-state index contributed by atoms with van der Waals surface area (Å²) in [6.07, 6.45) is 3.82. The summed E-state index contributed by atoms with van der Waals surface area (Å²) in [5.41, 5.74) is 0.798. The van der Waals surface area contributed by atoms with E-state index in [4.69, 9.17) is 4.74 Å². The van der Waals surface area contributed by atoms with Crippen LogP contribution in [0.25, 0.3) is 0 Å². The number of aromatic nitrogens is 1. The van der Waals surface area contributed by atoms with Crippen LogP contribution in [0.2, 0.25) is 0 Å². The van der Waals surface area contributed by atoms with E-state index in [1.807, 2.05) is 24.3 Å². The molecule has 3 rings (SSSR count). The van der Waals surface area contributed by atoms with Crippen LogP contribution in [0.1, 0.15) is 34.8 Å². The molecule has 1 fully saturated rings. The molecule has 1 amide bonds. The highest BCUT2D eigenvalue weighted by molar-refractivity contribution is 5.93. The first-order valence-corrected chi connectivity index (χ1v) is 8.53. The Hall–Kier alpha value is -2.60. The van der Waals surface area contributed by atoms with Gasteiger partial charge in [0.2, 0.25) is 0 Å². The maximum absolute atomic E-state index is 12.4. The lowest BCUT2D eigenvalue weighted by atomic mass is 10.0. The third-order valence-corrected chi connectivity index (χ3v) is 4.60. The highest BCUT2D eigenvalue weighted by Crippen LogP contribution is 2.31. The van der Waals surface area contributed by atoms with Gasteiger partial charge in [0.15, 0.2) is 0 Å². The molecule has 6 nitrogen and oxygen atoms in total. The number of hydrogen-bond acceptors (Lipinski definition) is 4. The molecular formula is C19H23N3O3. The average Bonchev–Trinajstić information content (AvgIpc) is 3.17. The minimum absolute atomic E-state index is 0.0189. The molecule has 0 radical (unpaired) electrons. The molecule has 2 aromatic rings. The summed E-state index contributed by atoms with van der Waals surface area (Å²) >= 11 is 0. The van der Waals surface area contributed by atoms with Crippen molar-refractivity contribution in [1.29, 1.82) is 0 Å². The van der Waals surface area contributed by atoms with E-state index in [9.17, 15) is 9.59 Å². The molecule has 0 bridgehead atoms. The molecule has 25 heavy (non-hydrogen) atoms. The molecule has 1 aliphatic rings. The van der Waals surface area contributed by atoms with Crippen LogP contribution in [-0.4, -0.2) is 42.5 Å². The SMILES string of the molecule is COc1ccccc1[C@@H](CNC(=O)c1ccc[nH]c1=O)N1CCCC1. The number of carbonyl (C=O) groups excluding carboxylic acids is 1. The maximum atomic E-state index is 12.4. The predicted molar refractivity (Wildman–Crippen MR) is 95.9 cm³/mol. The lowest BCUT2D eigenvalue weighted by Gasteiger charge is -2.29. The summed E-state index contributed by atoms with van der Waals surface area (Å²) in [4.78, 5) is 29.1. The molecule has 1 aromatic heterocycles. The molecule has 132 valence electrons. The largest absolute Gasteiger partial charge is 0.496 e. The lowest BCUT2D eigenvalue weighted by Crippen LogP contribution is -2.38. The van der Waals surface area contributed by atoms with Crippen molar-refractivity contribution in [2.75, 3.05) is 26.7 Å². The van der Waals surface area contributed by atoms with Crippen LogP contribution in [-0.2, 0) is 0 Å². The number of benzene rings is 1. The van der Waals surface area contributed by atoms with Crippen molar-refractivity contribution in [2.24, 2.45) is 0 Å². The predicted octanol–water partition coefficient (Wildman–Crippen LogP) is 1.95. The van der Waals surface area contributed by atoms with Crippen LogP contribution in [0.5, 0.6) is 5.75 Å². The summed E-state index contributed by atoms with van der Waals surface area (Å²) in [6.45, 7) is 2.41. The maximum Gasteiger partial charge on any atom is 0.260 e. The Bertz CT molecular complexity index is 781. The van der Waals surface area contributed by atoms with Gasteiger partial charge < -0.3 is 15.0 Å². The molecule has 2 heterocycles. The number of nitrogens with zero attached hydrogens (tertiary/aromatic N) is 1. The highest BCUT2D eigenvalue weighted by Gasteiger charge is 2.26. The Morgan fingerprint density at radius 3 is 2.72 bits per heavy atom. The third kappa shape index (κ3) is 3.91. The zero-order valence-electron chi connectivity index (χ0n) is 14.3. The van der Waals surface area contributed by atoms with E-state index in [1.165, 1.54) is 12.3 Å². The fourth-order valence-electron chi connectivity index (χ4n) is 3.32. The smallest absolute Gasteiger partial charge is 0.260 e. The van der Waals surface area contributed by atoms with Crippen LogP contribution in [0.4, 0.5) is 0 Å². The molecular weight excluding hydrogens is 318 g/mol. The Balaban J connectivity index is 1.80. The van der Waals surface area contributed by atoms with E-state index >= 15 is 0 Å². The minimum Gasteiger partial charge on any atom is -0.496 e. The summed E-state index contributed by atoms with van der Waals surface area (Å²) in [5, 5.41) is 2.91. The number of nitrogens with one attached hydrogen (secondary N) is 2. The van der Waals surface area contributed by atoms with Gasteiger partial charge in [0, 0.05) is 18.3 Å². The first kappa shape index (κ1) is 17.2. The van der Waals surface area contributed by atoms with Gasteiger partial charge in [-0.1, -0.05) is 18.2 Å². The number of rotatable bonds is 6. The highest BCUT2D eigenvalue weighted by atomic mass is 16.5. The second-order valence-electron chi connectivity index (χ2n) is 6.12. The van der Waals surface area contributed by atoms with Crippen molar-refractivity contribution in [3.05, 3.63) is 64.1 Å². The van der Waals surface area contributed by atoms with Gasteiger partial charge in [-0.15, -0.1) is 0 Å². The zero-order valence-corrected chi connectivity index (χ0v) is 14.3. The van der Waals surface area contributed by atoms with E-state index < -0.39 is 0 Å². The number of H-pyrrole nitrogens is 1. The van der Waals surface area contributed by atoms with Crippen molar-refractivity contribution in [1.82, 2.24) is 15.2 Å². The van der Waals surface area contributed by atoms with Gasteiger partial charge >= 0.3 is 0 Å². The van der Waals surface area contributed by atoms with E-state index in [0.29, 0.717) is 6.54 Å². The van der Waals surface area contributed by atoms with Gasteiger partial charge in [0.25, 0.3) is 11.5 Å². The second kappa shape index (κ2) is 7.98. The number of aromatic amines is 1. The Labute approximate surface area is 146 Å². The van der Waals surface area contributed by atoms with Gasteiger partial charge in [-0.25, -0.2) is 0 Å². The van der Waals surface area contributed by atoms with E-state index in [2.05, 4.69) is 15.2 Å². The fraction of sp³-hybridized carbons (Fsp3) is 0.368. The molecule has 1 atom stereocenters. The molecule has 1 aromatic carbocycles. The summed E-state index contributed by atoms with van der Waals surface area (Å²) in [7, 11) is 1.65. The summed E-state index contributed by atoms with van der Waals surface area (Å²) in [5.74, 6) is 0.451. The topological polar surface area (TPSA) is 74.4 Å². The zero-order chi connectivity index (χ0) is 17.6. The van der Waals surface area contributed by atoms with Crippen LogP contribution in [0.3, 0.4) is 0 Å². The number of ether oxygens (including phenoxy) is 1. The molecule has 0 spiro atoms. The van der Waals surface area contributed by atoms with Crippen molar-refractivity contribution in [2.45, 2.75) is 18.9 Å². The molecule has 6 heteroatoms. The second-order valence-corrected chi connectivity index (χ2v) is 6.12. The minimum atomic E-state index is -0.380. The molecule has 1 aliphatic heterocycles. The summed E-state index contributed by atoms with van der Waals surface area (Å²) < 4.78 is 5.50. The number of carbonyl (C=O) groups is 1. The van der Waals surface area contributed by atoms with Crippen molar-refractivity contribution < 1.29 is 9.53 Å². The monoisotopic (exact) mass is 341 g/mol. The number of pyridine rings is 1. The standard InChI is InChI=1S/C19H23N3O3/c1-25-17-9-3-2-7-14(17)16(22-11-4-5-12-22)13-21-19(24)15-8-6-10-20-18(15)23/h2-3,6-10,16H,4-5,11-13H2,1H3,(H,20,23)(H,21,24)/t16-/m1/s1. The normalized spacial score (nSPS) is 15.7. The first-order chi connectivity index (χ1) is 12.2. The molecule has 0 saturated carbocycles. The number of methoxy groups -OCH3 is 1. The van der Waals surface area contributed by atoms with Gasteiger partial charge in [0.05, 0.1) is 13.2 Å². The van der Waals surface area contributed by atoms with Gasteiger partial charge in [-0.3, -0.25) is 14.5 Å². The first-order valence-electron chi connectivity index (χ1n) is 8.53. The third-order valence-electron chi connectivity index (χ3n) is 4.60. The number of hydrogen-bond donors (Lipinski definition) is 2. The Morgan fingerprint density at radius 1 is 1.24 bits per heavy atom. The van der Waals surface area contributed by atoms with E-state index in [-0.39, 0.29) is 23.1 Å². The van der Waals surface area contributed by atoms with Crippen LogP contribution in [0, 0.1) is 0 Å². The van der Waals surface area contributed by atoms with Crippen LogP contribution in [0.15, 0.2) is 47.4 Å². The van der Waals surface area contributed by atoms with Gasteiger partial charge in [-0.05, 0) is 44.1 Å². The number of para-hydroxylation sites is 1. The van der Waals surface area contributed by atoms with Crippen LogP contribution >= 0.6 is 0 Å². The lowest BCUT2D eigenvalue weighted by molar-refractivity contribution is 0.0936. The van der Waals surface area contributed by atoms with Crippen molar-refractivity contribution in [3.8, 4) is 5.75 Å². The van der Waals surface area contributed by atoms with E-state index in [1.54, 1.807) is 13.2 Å². The van der Waals surface area contributed by atoms with Gasteiger partial charge in [-0.2, -0.15) is 0 Å². The average molecular weight is 341 g/mol. The molecule has 1 saturated heterocycles. The van der Waals surface area contributed by atoms with E-state index in [0.717, 1.165) is 37.2 Å². The Morgan fingerprint density at radius 2 is 2.00 bits per heavy atom. The number of likely N-dealkylation sites (tertiary alicyclic amines) is 1. The van der Waals surface area contributed by atoms with Gasteiger partial charge in [0.1, 0.15) is 11.3 Å². The van der Waals surface area contributed by atoms with Crippen molar-refractivity contribution in [3.63, 3.8) is 0 Å². The molecule has 2 N–H and O–H groups in total. The molecule has 0 aliphatic carbocycles. The quantitative estimate of drug-likeness (QED) is 0.842. The molecule has 0 unspecified atom stereocenters. The number of amides is 1. The van der Waals surface area contributed by atoms with Crippen LogP contribution < -0.4 is 15.6 Å².